The second-order valence-corrected chi connectivity index (χ2v) is 5.63. The number of ketones is 1. The van der Waals surface area contributed by atoms with Crippen LogP contribution >= 0.6 is 23.2 Å². The van der Waals surface area contributed by atoms with Gasteiger partial charge in [0, 0.05) is 23.7 Å². The summed E-state index contributed by atoms with van der Waals surface area (Å²) in [6.07, 6.45) is 0. The van der Waals surface area contributed by atoms with Gasteiger partial charge >= 0.3 is 0 Å². The molecule has 0 N–H and O–H groups in total. The van der Waals surface area contributed by atoms with Crippen molar-refractivity contribution in [3.8, 4) is 0 Å². The molecule has 0 heterocycles. The maximum atomic E-state index is 12.2. The molecule has 0 saturated carbocycles. The van der Waals surface area contributed by atoms with Crippen LogP contribution in [0.1, 0.15) is 24.2 Å². The number of rotatable bonds is 7. The number of hydrogen-bond donors (Lipinski definition) is 0. The zero-order chi connectivity index (χ0) is 16.0. The van der Waals surface area contributed by atoms with Gasteiger partial charge in [0.05, 0.1) is 18.1 Å². The fourth-order valence-corrected chi connectivity index (χ4v) is 2.40. The number of carbonyl (C=O) groups excluding carboxylic acids is 2. The normalized spacial score (nSPS) is 10.8. The first-order valence-corrected chi connectivity index (χ1v) is 7.59. The minimum absolute atomic E-state index is 0.00694. The molecule has 0 radical (unpaired) electrons. The van der Waals surface area contributed by atoms with Crippen LogP contribution in [0.4, 0.5) is 0 Å². The van der Waals surface area contributed by atoms with Crippen molar-refractivity contribution < 1.29 is 9.59 Å². The zero-order valence-electron chi connectivity index (χ0n) is 12.5. The minimum atomic E-state index is -0.155. The van der Waals surface area contributed by atoms with Crippen molar-refractivity contribution in [1.29, 1.82) is 0 Å². The number of benzene rings is 1. The topological polar surface area (TPSA) is 40.6 Å². The predicted molar refractivity (Wildman–Crippen MR) is 86.2 cm³/mol. The molecular formula is C15H20Cl2N2O2. The molecule has 6 heteroatoms. The Morgan fingerprint density at radius 3 is 2.29 bits per heavy atom. The van der Waals surface area contributed by atoms with Gasteiger partial charge in [0.2, 0.25) is 5.91 Å². The van der Waals surface area contributed by atoms with Crippen LogP contribution in [-0.2, 0) is 4.79 Å². The number of halogens is 2. The second kappa shape index (κ2) is 8.37. The lowest BCUT2D eigenvalue weighted by molar-refractivity contribution is -0.131. The number of Topliss-reactive ketones (excluding diaryl/α,β-unsaturated/α-hetero) is 1. The monoisotopic (exact) mass is 330 g/mol. The van der Waals surface area contributed by atoms with Crippen LogP contribution in [0.5, 0.6) is 0 Å². The molecule has 0 saturated heterocycles. The first-order chi connectivity index (χ1) is 9.88. The summed E-state index contributed by atoms with van der Waals surface area (Å²) in [7, 11) is 1.73. The molecule has 0 aromatic heterocycles. The Kier molecular flexibility index (Phi) is 7.15. The lowest BCUT2D eigenvalue weighted by atomic mass is 10.1. The Hall–Kier alpha value is -1.10. The van der Waals surface area contributed by atoms with E-state index in [1.165, 1.54) is 0 Å². The highest BCUT2D eigenvalue weighted by molar-refractivity contribution is 6.36. The number of carbonyl (C=O) groups is 2. The highest BCUT2D eigenvalue weighted by Crippen LogP contribution is 2.21. The largest absolute Gasteiger partial charge is 0.342 e. The molecule has 0 aliphatic heterocycles. The van der Waals surface area contributed by atoms with Crippen LogP contribution in [0, 0.1) is 0 Å². The summed E-state index contributed by atoms with van der Waals surface area (Å²) in [5.74, 6) is -0.148. The predicted octanol–water partition coefficient (Wildman–Crippen LogP) is 2.98. The minimum Gasteiger partial charge on any atom is -0.342 e. The van der Waals surface area contributed by atoms with E-state index in [2.05, 4.69) is 0 Å². The van der Waals surface area contributed by atoms with Crippen LogP contribution in [0.2, 0.25) is 10.0 Å². The molecule has 1 amide bonds. The summed E-state index contributed by atoms with van der Waals surface area (Å²) in [5.41, 5.74) is 0.381. The van der Waals surface area contributed by atoms with Gasteiger partial charge in [-0.1, -0.05) is 23.2 Å². The Balaban J connectivity index is 2.66. The fraction of sp³-hybridized carbons (Fsp3) is 0.467. The van der Waals surface area contributed by atoms with E-state index >= 15 is 0 Å². The molecule has 4 nitrogen and oxygen atoms in total. The van der Waals surface area contributed by atoms with Gasteiger partial charge in [-0.2, -0.15) is 0 Å². The van der Waals surface area contributed by atoms with Crippen molar-refractivity contribution in [2.75, 3.05) is 33.2 Å². The Bertz CT molecular complexity index is 516. The standard InChI is InChI=1S/C15H20Cl2N2O2/c1-4-19(5-2)15(21)10-18(3)9-14(20)12-8-11(16)6-7-13(12)17/h6-8H,4-5,9-10H2,1-3H3. The summed E-state index contributed by atoms with van der Waals surface area (Å²) in [6.45, 7) is 5.50. The van der Waals surface area contributed by atoms with Crippen LogP contribution in [0.3, 0.4) is 0 Å². The average molecular weight is 331 g/mol. The van der Waals surface area contributed by atoms with Crippen molar-refractivity contribution >= 4 is 34.9 Å². The van der Waals surface area contributed by atoms with Gasteiger partial charge in [-0.05, 0) is 39.1 Å². The van der Waals surface area contributed by atoms with E-state index in [0.717, 1.165) is 0 Å². The van der Waals surface area contributed by atoms with Crippen molar-refractivity contribution in [3.05, 3.63) is 33.8 Å². The summed E-state index contributed by atoms with van der Waals surface area (Å²) in [4.78, 5) is 27.6. The summed E-state index contributed by atoms with van der Waals surface area (Å²) in [5, 5.41) is 0.831. The molecule has 0 bridgehead atoms. The molecule has 0 aliphatic rings. The molecule has 1 aromatic carbocycles. The number of likely N-dealkylation sites (N-methyl/N-ethyl adjacent to an activating group) is 2. The number of nitrogens with zero attached hydrogens (tertiary/aromatic N) is 2. The van der Waals surface area contributed by atoms with Gasteiger partial charge in [-0.3, -0.25) is 14.5 Å². The van der Waals surface area contributed by atoms with Crippen molar-refractivity contribution in [2.45, 2.75) is 13.8 Å². The van der Waals surface area contributed by atoms with Gasteiger partial charge in [0.25, 0.3) is 0 Å². The van der Waals surface area contributed by atoms with Crippen molar-refractivity contribution in [1.82, 2.24) is 9.80 Å². The van der Waals surface area contributed by atoms with E-state index in [4.69, 9.17) is 23.2 Å². The van der Waals surface area contributed by atoms with Gasteiger partial charge in [0.15, 0.2) is 5.78 Å². The average Bonchev–Trinajstić information content (AvgIpc) is 2.42. The third-order valence-electron chi connectivity index (χ3n) is 3.16. The quantitative estimate of drug-likeness (QED) is 0.721. The molecule has 0 spiro atoms. The second-order valence-electron chi connectivity index (χ2n) is 4.79. The summed E-state index contributed by atoms with van der Waals surface area (Å²) >= 11 is 11.9. The summed E-state index contributed by atoms with van der Waals surface area (Å²) in [6, 6.07) is 4.78. The Morgan fingerprint density at radius 1 is 1.10 bits per heavy atom. The number of amides is 1. The molecule has 116 valence electrons. The Labute approximate surface area is 135 Å². The van der Waals surface area contributed by atoms with Gasteiger partial charge in [0.1, 0.15) is 0 Å². The van der Waals surface area contributed by atoms with Gasteiger partial charge < -0.3 is 4.90 Å². The molecule has 21 heavy (non-hydrogen) atoms. The van der Waals surface area contributed by atoms with Crippen LogP contribution in [0.15, 0.2) is 18.2 Å². The lowest BCUT2D eigenvalue weighted by Crippen LogP contribution is -2.40. The molecule has 1 aromatic rings. The SMILES string of the molecule is CCN(CC)C(=O)CN(C)CC(=O)c1cc(Cl)ccc1Cl. The smallest absolute Gasteiger partial charge is 0.236 e. The maximum absolute atomic E-state index is 12.2. The third kappa shape index (κ3) is 5.30. The van der Waals surface area contributed by atoms with Crippen LogP contribution in [-0.4, -0.2) is 54.7 Å². The highest BCUT2D eigenvalue weighted by atomic mass is 35.5. The molecule has 0 atom stereocenters. The number of hydrogen-bond acceptors (Lipinski definition) is 3. The van der Waals surface area contributed by atoms with E-state index < -0.39 is 0 Å². The molecule has 0 aliphatic carbocycles. The zero-order valence-corrected chi connectivity index (χ0v) is 14.0. The van der Waals surface area contributed by atoms with E-state index in [9.17, 15) is 9.59 Å². The Morgan fingerprint density at radius 2 is 1.71 bits per heavy atom. The molecule has 0 fully saturated rings. The van der Waals surface area contributed by atoms with Gasteiger partial charge in [-0.25, -0.2) is 0 Å². The van der Waals surface area contributed by atoms with Crippen molar-refractivity contribution in [3.63, 3.8) is 0 Å². The van der Waals surface area contributed by atoms with E-state index in [1.807, 2.05) is 13.8 Å². The molecular weight excluding hydrogens is 311 g/mol. The van der Waals surface area contributed by atoms with Crippen LogP contribution < -0.4 is 0 Å². The van der Waals surface area contributed by atoms with Gasteiger partial charge in [-0.15, -0.1) is 0 Å². The first kappa shape index (κ1) is 18.0. The van der Waals surface area contributed by atoms with Crippen LogP contribution in [0.25, 0.3) is 0 Å². The third-order valence-corrected chi connectivity index (χ3v) is 3.73. The lowest BCUT2D eigenvalue weighted by Gasteiger charge is -2.22. The molecule has 1 rings (SSSR count). The van der Waals surface area contributed by atoms with Crippen molar-refractivity contribution in [2.24, 2.45) is 0 Å². The molecule has 0 unspecified atom stereocenters. The van der Waals surface area contributed by atoms with E-state index in [-0.39, 0.29) is 24.8 Å². The first-order valence-electron chi connectivity index (χ1n) is 6.83. The van der Waals surface area contributed by atoms with E-state index in [0.29, 0.717) is 28.7 Å². The maximum Gasteiger partial charge on any atom is 0.236 e. The summed E-state index contributed by atoms with van der Waals surface area (Å²) < 4.78 is 0. The highest BCUT2D eigenvalue weighted by Gasteiger charge is 2.17. The van der Waals surface area contributed by atoms with E-state index in [1.54, 1.807) is 35.0 Å². The fourth-order valence-electron chi connectivity index (χ4n) is 2.00.